The molecule has 0 aromatic carbocycles. The normalized spacial score (nSPS) is 17.3. The molecular weight excluding hydrogens is 216 g/mol. The third-order valence-electron chi connectivity index (χ3n) is 3.41. The summed E-state index contributed by atoms with van der Waals surface area (Å²) in [5.41, 5.74) is 7.87. The molecule has 5 heteroatoms. The van der Waals surface area contributed by atoms with E-state index in [0.717, 1.165) is 37.1 Å². The fourth-order valence-corrected chi connectivity index (χ4v) is 2.31. The number of hydrogen-bond donors (Lipinski definition) is 1. The summed E-state index contributed by atoms with van der Waals surface area (Å²) in [6, 6.07) is 0. The molecule has 1 aliphatic rings. The van der Waals surface area contributed by atoms with Crippen LogP contribution in [-0.2, 0) is 18.4 Å². The Labute approximate surface area is 102 Å². The van der Waals surface area contributed by atoms with Crippen molar-refractivity contribution in [2.45, 2.75) is 39.2 Å². The van der Waals surface area contributed by atoms with E-state index in [0.29, 0.717) is 18.8 Å². The number of aryl methyl sites for hydroxylation is 2. The van der Waals surface area contributed by atoms with Gasteiger partial charge in [-0.1, -0.05) is 6.42 Å². The number of nitrogen functional groups attached to an aromatic ring is 1. The fourth-order valence-electron chi connectivity index (χ4n) is 2.31. The molecule has 94 valence electrons. The highest BCUT2D eigenvalue weighted by Crippen LogP contribution is 2.20. The minimum Gasteiger partial charge on any atom is -0.384 e. The lowest BCUT2D eigenvalue weighted by Gasteiger charge is -2.20. The summed E-state index contributed by atoms with van der Waals surface area (Å²) in [5, 5.41) is 4.28. The molecule has 0 radical (unpaired) electrons. The topological polar surface area (TPSA) is 64.2 Å². The molecule has 0 unspecified atom stereocenters. The number of rotatable bonds is 2. The second-order valence-corrected chi connectivity index (χ2v) is 4.70. The van der Waals surface area contributed by atoms with E-state index in [-0.39, 0.29) is 5.91 Å². The molecule has 2 rings (SSSR count). The molecule has 2 heterocycles. The van der Waals surface area contributed by atoms with Gasteiger partial charge in [-0.15, -0.1) is 0 Å². The number of aromatic nitrogens is 2. The maximum absolute atomic E-state index is 11.9. The monoisotopic (exact) mass is 236 g/mol. The molecule has 1 aromatic rings. The van der Waals surface area contributed by atoms with E-state index in [1.807, 2.05) is 18.9 Å². The lowest BCUT2D eigenvalue weighted by molar-refractivity contribution is -0.131. The Kier molecular flexibility index (Phi) is 3.36. The highest BCUT2D eigenvalue weighted by molar-refractivity contribution is 5.76. The van der Waals surface area contributed by atoms with Gasteiger partial charge in [0.15, 0.2) is 0 Å². The number of nitrogens with zero attached hydrogens (tertiary/aromatic N) is 3. The molecule has 1 saturated heterocycles. The van der Waals surface area contributed by atoms with Crippen molar-refractivity contribution in [2.75, 3.05) is 12.3 Å². The summed E-state index contributed by atoms with van der Waals surface area (Å²) in [4.78, 5) is 13.8. The molecule has 0 aliphatic carbocycles. The van der Waals surface area contributed by atoms with E-state index in [9.17, 15) is 4.79 Å². The average Bonchev–Trinajstić information content (AvgIpc) is 2.45. The summed E-state index contributed by atoms with van der Waals surface area (Å²) in [7, 11) is 1.83. The van der Waals surface area contributed by atoms with Gasteiger partial charge in [-0.05, 0) is 19.8 Å². The van der Waals surface area contributed by atoms with Gasteiger partial charge < -0.3 is 10.6 Å². The third kappa shape index (κ3) is 2.43. The Morgan fingerprint density at radius 2 is 2.12 bits per heavy atom. The molecule has 2 N–H and O–H groups in total. The van der Waals surface area contributed by atoms with Crippen molar-refractivity contribution in [3.05, 3.63) is 11.3 Å². The standard InChI is InChI=1S/C12H20N4O/c1-9-10(12(13)15(2)14-9)8-16-7-5-3-4-6-11(16)17/h3-8,13H2,1-2H3. The number of nitrogens with two attached hydrogens (primary N) is 1. The van der Waals surface area contributed by atoms with Crippen LogP contribution < -0.4 is 5.73 Å². The van der Waals surface area contributed by atoms with Crippen LogP contribution in [0.2, 0.25) is 0 Å². The zero-order valence-electron chi connectivity index (χ0n) is 10.6. The first-order valence-electron chi connectivity index (χ1n) is 6.15. The van der Waals surface area contributed by atoms with Crippen LogP contribution in [-0.4, -0.2) is 27.1 Å². The molecule has 1 aromatic heterocycles. The van der Waals surface area contributed by atoms with Crippen LogP contribution in [0.3, 0.4) is 0 Å². The van der Waals surface area contributed by atoms with Gasteiger partial charge in [0, 0.05) is 25.6 Å². The maximum atomic E-state index is 11.9. The van der Waals surface area contributed by atoms with Gasteiger partial charge in [-0.2, -0.15) is 5.10 Å². The third-order valence-corrected chi connectivity index (χ3v) is 3.41. The SMILES string of the molecule is Cc1nn(C)c(N)c1CN1CCCCCC1=O. The van der Waals surface area contributed by atoms with E-state index in [1.54, 1.807) is 4.68 Å². The largest absolute Gasteiger partial charge is 0.384 e. The van der Waals surface area contributed by atoms with Crippen LogP contribution in [0.25, 0.3) is 0 Å². The van der Waals surface area contributed by atoms with E-state index in [2.05, 4.69) is 5.10 Å². The lowest BCUT2D eigenvalue weighted by atomic mass is 10.2. The van der Waals surface area contributed by atoms with Crippen LogP contribution in [0.4, 0.5) is 5.82 Å². The van der Waals surface area contributed by atoms with Gasteiger partial charge in [0.05, 0.1) is 12.2 Å². The highest BCUT2D eigenvalue weighted by Gasteiger charge is 2.20. The van der Waals surface area contributed by atoms with Gasteiger partial charge in [-0.25, -0.2) is 0 Å². The number of amides is 1. The number of carbonyl (C=O) groups excluding carboxylic acids is 1. The number of carbonyl (C=O) groups is 1. The Morgan fingerprint density at radius 3 is 2.76 bits per heavy atom. The van der Waals surface area contributed by atoms with E-state index in [4.69, 9.17) is 5.73 Å². The lowest BCUT2D eigenvalue weighted by Crippen LogP contribution is -2.30. The van der Waals surface area contributed by atoms with Gasteiger partial charge in [0.25, 0.3) is 0 Å². The smallest absolute Gasteiger partial charge is 0.222 e. The molecule has 1 aliphatic heterocycles. The second kappa shape index (κ2) is 4.77. The van der Waals surface area contributed by atoms with Crippen molar-refractivity contribution in [1.82, 2.24) is 14.7 Å². The Balaban J connectivity index is 2.16. The van der Waals surface area contributed by atoms with Crippen LogP contribution in [0, 0.1) is 6.92 Å². The van der Waals surface area contributed by atoms with E-state index in [1.165, 1.54) is 0 Å². The van der Waals surface area contributed by atoms with Gasteiger partial charge in [0.2, 0.25) is 5.91 Å². The van der Waals surface area contributed by atoms with Crippen LogP contribution in [0.15, 0.2) is 0 Å². The molecule has 17 heavy (non-hydrogen) atoms. The van der Waals surface area contributed by atoms with Crippen LogP contribution in [0.5, 0.6) is 0 Å². The molecule has 0 atom stereocenters. The van der Waals surface area contributed by atoms with Crippen molar-refractivity contribution >= 4 is 11.7 Å². The number of anilines is 1. The predicted octanol–water partition coefficient (Wildman–Crippen LogP) is 1.21. The van der Waals surface area contributed by atoms with Gasteiger partial charge in [0.1, 0.15) is 5.82 Å². The molecule has 0 saturated carbocycles. The first-order chi connectivity index (χ1) is 8.09. The van der Waals surface area contributed by atoms with E-state index < -0.39 is 0 Å². The zero-order chi connectivity index (χ0) is 12.4. The van der Waals surface area contributed by atoms with Crippen molar-refractivity contribution in [3.63, 3.8) is 0 Å². The molecule has 0 bridgehead atoms. The summed E-state index contributed by atoms with van der Waals surface area (Å²) < 4.78 is 1.67. The van der Waals surface area contributed by atoms with E-state index >= 15 is 0 Å². The minimum absolute atomic E-state index is 0.241. The van der Waals surface area contributed by atoms with Crippen LogP contribution in [0.1, 0.15) is 36.9 Å². The molecule has 1 fully saturated rings. The van der Waals surface area contributed by atoms with Crippen molar-refractivity contribution < 1.29 is 4.79 Å². The van der Waals surface area contributed by atoms with Crippen molar-refractivity contribution in [2.24, 2.45) is 7.05 Å². The molecular formula is C12H20N4O. The van der Waals surface area contributed by atoms with Gasteiger partial charge in [-0.3, -0.25) is 9.48 Å². The van der Waals surface area contributed by atoms with Gasteiger partial charge >= 0.3 is 0 Å². The fraction of sp³-hybridized carbons (Fsp3) is 0.667. The summed E-state index contributed by atoms with van der Waals surface area (Å²) in [6.07, 6.45) is 3.91. The Morgan fingerprint density at radius 1 is 1.35 bits per heavy atom. The second-order valence-electron chi connectivity index (χ2n) is 4.70. The molecule has 0 spiro atoms. The number of likely N-dealkylation sites (tertiary alicyclic amines) is 1. The summed E-state index contributed by atoms with van der Waals surface area (Å²) in [5.74, 6) is 0.907. The summed E-state index contributed by atoms with van der Waals surface area (Å²) in [6.45, 7) is 3.38. The quantitative estimate of drug-likeness (QED) is 0.839. The maximum Gasteiger partial charge on any atom is 0.222 e. The number of hydrogen-bond acceptors (Lipinski definition) is 3. The highest BCUT2D eigenvalue weighted by atomic mass is 16.2. The molecule has 5 nitrogen and oxygen atoms in total. The minimum atomic E-state index is 0.241. The first kappa shape index (κ1) is 12.0. The van der Waals surface area contributed by atoms with Crippen molar-refractivity contribution in [3.8, 4) is 0 Å². The average molecular weight is 236 g/mol. The predicted molar refractivity (Wildman–Crippen MR) is 66.2 cm³/mol. The Hall–Kier alpha value is -1.52. The zero-order valence-corrected chi connectivity index (χ0v) is 10.6. The first-order valence-corrected chi connectivity index (χ1v) is 6.15. The molecule has 1 amide bonds. The Bertz CT molecular complexity index is 424. The van der Waals surface area contributed by atoms with Crippen molar-refractivity contribution in [1.29, 1.82) is 0 Å². The summed E-state index contributed by atoms with van der Waals surface area (Å²) >= 11 is 0. The van der Waals surface area contributed by atoms with Crippen LogP contribution >= 0.6 is 0 Å².